The molecule has 0 bridgehead atoms. The molecule has 0 aromatic heterocycles. The first kappa shape index (κ1) is 13.9. The summed E-state index contributed by atoms with van der Waals surface area (Å²) in [4.78, 5) is 0. The molecule has 2 aromatic rings. The zero-order valence-corrected chi connectivity index (χ0v) is 11.2. The molecule has 0 saturated heterocycles. The molecule has 4 heteroatoms. The average Bonchev–Trinajstić information content (AvgIpc) is 2.37. The standard InChI is InChI=1S/C15H12ClF3/c1-8-3-4-10(5-9(8)2)14(16)11-6-12(17)15(19)13(18)7-11/h3-7,14H,1-2H3. The molecular weight excluding hydrogens is 273 g/mol. The second-order valence-corrected chi connectivity index (χ2v) is 4.94. The lowest BCUT2D eigenvalue weighted by Gasteiger charge is -2.13. The molecule has 0 aliphatic rings. The largest absolute Gasteiger partial charge is 0.204 e. The summed E-state index contributed by atoms with van der Waals surface area (Å²) in [6.07, 6.45) is 0. The Morgan fingerprint density at radius 2 is 1.42 bits per heavy atom. The molecule has 0 N–H and O–H groups in total. The van der Waals surface area contributed by atoms with Crippen LogP contribution in [-0.2, 0) is 0 Å². The Hall–Kier alpha value is -1.48. The van der Waals surface area contributed by atoms with E-state index in [0.29, 0.717) is 0 Å². The molecule has 0 fully saturated rings. The van der Waals surface area contributed by atoms with Crippen molar-refractivity contribution >= 4 is 11.6 Å². The first-order chi connectivity index (χ1) is 8.90. The molecule has 19 heavy (non-hydrogen) atoms. The van der Waals surface area contributed by atoms with Gasteiger partial charge in [-0.05, 0) is 48.2 Å². The van der Waals surface area contributed by atoms with Crippen molar-refractivity contribution in [1.29, 1.82) is 0 Å². The van der Waals surface area contributed by atoms with Gasteiger partial charge in [-0.1, -0.05) is 18.2 Å². The van der Waals surface area contributed by atoms with Crippen molar-refractivity contribution < 1.29 is 13.2 Å². The number of hydrogen-bond acceptors (Lipinski definition) is 0. The van der Waals surface area contributed by atoms with E-state index in [1.54, 1.807) is 6.07 Å². The topological polar surface area (TPSA) is 0 Å². The summed E-state index contributed by atoms with van der Waals surface area (Å²) in [7, 11) is 0. The highest BCUT2D eigenvalue weighted by Crippen LogP contribution is 2.31. The molecule has 2 rings (SSSR count). The molecule has 0 aliphatic carbocycles. The van der Waals surface area contributed by atoms with Crippen LogP contribution in [0.2, 0.25) is 0 Å². The first-order valence-electron chi connectivity index (χ1n) is 5.76. The Morgan fingerprint density at radius 1 is 0.842 bits per heavy atom. The third-order valence-electron chi connectivity index (χ3n) is 3.12. The molecule has 100 valence electrons. The summed E-state index contributed by atoms with van der Waals surface area (Å²) in [5.74, 6) is -3.94. The van der Waals surface area contributed by atoms with Gasteiger partial charge in [-0.25, -0.2) is 13.2 Å². The van der Waals surface area contributed by atoms with E-state index >= 15 is 0 Å². The second kappa shape index (κ2) is 5.25. The molecule has 2 aromatic carbocycles. The molecule has 0 radical (unpaired) electrons. The minimum absolute atomic E-state index is 0.196. The van der Waals surface area contributed by atoms with Crippen molar-refractivity contribution in [2.75, 3.05) is 0 Å². The Labute approximate surface area is 114 Å². The van der Waals surface area contributed by atoms with Crippen LogP contribution < -0.4 is 0 Å². The predicted octanol–water partition coefficient (Wildman–Crippen LogP) is 5.05. The van der Waals surface area contributed by atoms with E-state index in [2.05, 4.69) is 0 Å². The van der Waals surface area contributed by atoms with Gasteiger partial charge in [0.1, 0.15) is 0 Å². The number of benzene rings is 2. The molecule has 0 nitrogen and oxygen atoms in total. The van der Waals surface area contributed by atoms with Crippen molar-refractivity contribution in [2.45, 2.75) is 19.2 Å². The van der Waals surface area contributed by atoms with Crippen LogP contribution in [0.1, 0.15) is 27.6 Å². The number of rotatable bonds is 2. The van der Waals surface area contributed by atoms with Crippen LogP contribution in [0, 0.1) is 31.3 Å². The van der Waals surface area contributed by atoms with E-state index in [0.717, 1.165) is 28.8 Å². The fourth-order valence-corrected chi connectivity index (χ4v) is 2.10. The molecule has 0 spiro atoms. The van der Waals surface area contributed by atoms with Crippen molar-refractivity contribution in [3.63, 3.8) is 0 Å². The third kappa shape index (κ3) is 2.76. The number of halogens is 4. The van der Waals surface area contributed by atoms with Gasteiger partial charge < -0.3 is 0 Å². The quantitative estimate of drug-likeness (QED) is 0.535. The van der Waals surface area contributed by atoms with Gasteiger partial charge in [0.25, 0.3) is 0 Å². The minimum Gasteiger partial charge on any atom is -0.204 e. The van der Waals surface area contributed by atoms with Gasteiger partial charge in [-0.2, -0.15) is 0 Å². The smallest absolute Gasteiger partial charge is 0.194 e. The summed E-state index contributed by atoms with van der Waals surface area (Å²) in [5.41, 5.74) is 3.05. The van der Waals surface area contributed by atoms with E-state index < -0.39 is 22.8 Å². The van der Waals surface area contributed by atoms with E-state index in [4.69, 9.17) is 11.6 Å². The van der Waals surface area contributed by atoms with Crippen molar-refractivity contribution in [3.05, 3.63) is 70.0 Å². The third-order valence-corrected chi connectivity index (χ3v) is 3.63. The SMILES string of the molecule is Cc1ccc(C(Cl)c2cc(F)c(F)c(F)c2)cc1C. The Balaban J connectivity index is 2.43. The maximum absolute atomic E-state index is 13.2. The summed E-state index contributed by atoms with van der Waals surface area (Å²) in [6.45, 7) is 3.88. The minimum atomic E-state index is -1.48. The lowest BCUT2D eigenvalue weighted by atomic mass is 10.00. The maximum atomic E-state index is 13.2. The van der Waals surface area contributed by atoms with Crippen LogP contribution in [-0.4, -0.2) is 0 Å². The summed E-state index contributed by atoms with van der Waals surface area (Å²) < 4.78 is 39.3. The number of alkyl halides is 1. The molecule has 0 heterocycles. The van der Waals surface area contributed by atoms with E-state index in [-0.39, 0.29) is 5.56 Å². The summed E-state index contributed by atoms with van der Waals surface area (Å²) >= 11 is 6.20. The zero-order chi connectivity index (χ0) is 14.2. The predicted molar refractivity (Wildman–Crippen MR) is 69.9 cm³/mol. The lowest BCUT2D eigenvalue weighted by Crippen LogP contribution is -1.99. The normalized spacial score (nSPS) is 12.5. The van der Waals surface area contributed by atoms with Gasteiger partial charge in [0.05, 0.1) is 5.38 Å². The van der Waals surface area contributed by atoms with E-state index in [9.17, 15) is 13.2 Å². The monoisotopic (exact) mass is 284 g/mol. The van der Waals surface area contributed by atoms with Gasteiger partial charge in [0, 0.05) is 0 Å². The van der Waals surface area contributed by atoms with Gasteiger partial charge in [-0.15, -0.1) is 11.6 Å². The second-order valence-electron chi connectivity index (χ2n) is 4.50. The highest BCUT2D eigenvalue weighted by molar-refractivity contribution is 6.22. The molecule has 1 unspecified atom stereocenters. The van der Waals surface area contributed by atoms with Crippen molar-refractivity contribution in [1.82, 2.24) is 0 Å². The van der Waals surface area contributed by atoms with Gasteiger partial charge >= 0.3 is 0 Å². The summed E-state index contributed by atoms with van der Waals surface area (Å²) in [6, 6.07) is 7.37. The molecule has 0 aliphatic heterocycles. The fraction of sp³-hybridized carbons (Fsp3) is 0.200. The van der Waals surface area contributed by atoms with Crippen molar-refractivity contribution in [2.24, 2.45) is 0 Å². The zero-order valence-electron chi connectivity index (χ0n) is 10.5. The number of aryl methyl sites for hydroxylation is 2. The van der Waals surface area contributed by atoms with Gasteiger partial charge in [0.2, 0.25) is 0 Å². The van der Waals surface area contributed by atoms with E-state index in [1.165, 1.54) is 0 Å². The van der Waals surface area contributed by atoms with Crippen molar-refractivity contribution in [3.8, 4) is 0 Å². The fourth-order valence-electron chi connectivity index (χ4n) is 1.84. The number of hydrogen-bond donors (Lipinski definition) is 0. The average molecular weight is 285 g/mol. The molecular formula is C15H12ClF3. The van der Waals surface area contributed by atoms with Crippen LogP contribution in [0.5, 0.6) is 0 Å². The Bertz CT molecular complexity index is 600. The summed E-state index contributed by atoms with van der Waals surface area (Å²) in [5, 5.41) is -0.719. The highest BCUT2D eigenvalue weighted by atomic mass is 35.5. The van der Waals surface area contributed by atoms with Crippen LogP contribution in [0.4, 0.5) is 13.2 Å². The Kier molecular flexibility index (Phi) is 3.85. The van der Waals surface area contributed by atoms with Crippen LogP contribution in [0.15, 0.2) is 30.3 Å². The van der Waals surface area contributed by atoms with Gasteiger partial charge in [0.15, 0.2) is 17.5 Å². The molecule has 0 saturated carbocycles. The molecule has 1 atom stereocenters. The van der Waals surface area contributed by atoms with E-state index in [1.807, 2.05) is 26.0 Å². The van der Waals surface area contributed by atoms with Crippen LogP contribution in [0.25, 0.3) is 0 Å². The molecule has 0 amide bonds. The maximum Gasteiger partial charge on any atom is 0.194 e. The highest BCUT2D eigenvalue weighted by Gasteiger charge is 2.17. The lowest BCUT2D eigenvalue weighted by molar-refractivity contribution is 0.445. The Morgan fingerprint density at radius 3 is 1.95 bits per heavy atom. The van der Waals surface area contributed by atoms with Crippen LogP contribution >= 0.6 is 11.6 Å². The van der Waals surface area contributed by atoms with Crippen LogP contribution in [0.3, 0.4) is 0 Å². The first-order valence-corrected chi connectivity index (χ1v) is 6.19. The van der Waals surface area contributed by atoms with Gasteiger partial charge in [-0.3, -0.25) is 0 Å².